The smallest absolute Gasteiger partial charge is 0.225 e. The van der Waals surface area contributed by atoms with Crippen molar-refractivity contribution in [2.75, 3.05) is 19.6 Å². The van der Waals surface area contributed by atoms with E-state index in [2.05, 4.69) is 12.2 Å². The molecule has 0 spiro atoms. The Labute approximate surface area is 145 Å². The van der Waals surface area contributed by atoms with Crippen molar-refractivity contribution in [3.05, 3.63) is 0 Å². The van der Waals surface area contributed by atoms with Crippen molar-refractivity contribution in [1.82, 2.24) is 10.2 Å². The number of likely N-dealkylation sites (tertiary alicyclic amines) is 1. The van der Waals surface area contributed by atoms with Gasteiger partial charge in [-0.25, -0.2) is 0 Å². The van der Waals surface area contributed by atoms with E-state index in [9.17, 15) is 9.59 Å². The lowest BCUT2D eigenvalue weighted by Gasteiger charge is -2.32. The number of carbonyl (C=O) groups excluding carboxylic acids is 2. The minimum absolute atomic E-state index is 0.0993. The second kappa shape index (κ2) is 7.42. The third kappa shape index (κ3) is 3.93. The first-order valence-corrected chi connectivity index (χ1v) is 9.80. The van der Waals surface area contributed by atoms with Gasteiger partial charge in [0.05, 0.1) is 0 Å². The molecule has 2 saturated carbocycles. The molecule has 1 saturated heterocycles. The molecule has 3 aliphatic rings. The molecule has 1 aliphatic heterocycles. The van der Waals surface area contributed by atoms with Gasteiger partial charge in [0.1, 0.15) is 0 Å². The van der Waals surface area contributed by atoms with Crippen LogP contribution in [0.1, 0.15) is 64.7 Å². The summed E-state index contributed by atoms with van der Waals surface area (Å²) < 4.78 is 0. The highest BCUT2D eigenvalue weighted by atomic mass is 16.2. The van der Waals surface area contributed by atoms with Crippen LogP contribution in [0.2, 0.25) is 0 Å². The molecule has 24 heavy (non-hydrogen) atoms. The van der Waals surface area contributed by atoms with Gasteiger partial charge in [-0.15, -0.1) is 0 Å². The van der Waals surface area contributed by atoms with Crippen molar-refractivity contribution < 1.29 is 9.59 Å². The van der Waals surface area contributed by atoms with E-state index in [0.717, 1.165) is 58.0 Å². The summed E-state index contributed by atoms with van der Waals surface area (Å²) in [6.07, 6.45) is 9.20. The van der Waals surface area contributed by atoms with Crippen molar-refractivity contribution in [1.29, 1.82) is 0 Å². The summed E-state index contributed by atoms with van der Waals surface area (Å²) in [6.45, 7) is 4.48. The van der Waals surface area contributed by atoms with Crippen LogP contribution in [0.5, 0.6) is 0 Å². The quantitative estimate of drug-likeness (QED) is 0.825. The van der Waals surface area contributed by atoms with Crippen molar-refractivity contribution in [2.24, 2.45) is 23.0 Å². The lowest BCUT2D eigenvalue weighted by Crippen LogP contribution is -2.43. The first-order valence-electron chi connectivity index (χ1n) is 9.80. The van der Waals surface area contributed by atoms with Crippen LogP contribution in [0.25, 0.3) is 0 Å². The van der Waals surface area contributed by atoms with Crippen LogP contribution >= 0.6 is 0 Å². The van der Waals surface area contributed by atoms with Crippen LogP contribution < -0.4 is 11.1 Å². The molecule has 0 aromatic rings. The fourth-order valence-corrected chi connectivity index (χ4v) is 4.63. The third-order valence-corrected chi connectivity index (χ3v) is 6.51. The van der Waals surface area contributed by atoms with Gasteiger partial charge in [0.15, 0.2) is 0 Å². The predicted octanol–water partition coefficient (Wildman–Crippen LogP) is 2.05. The van der Waals surface area contributed by atoms with E-state index in [1.165, 1.54) is 12.8 Å². The normalized spacial score (nSPS) is 34.5. The average molecular weight is 335 g/mol. The molecule has 0 radical (unpaired) electrons. The summed E-state index contributed by atoms with van der Waals surface area (Å²) in [6, 6.07) is 0.273. The summed E-state index contributed by atoms with van der Waals surface area (Å²) in [5, 5.41) is 3.23. The highest BCUT2D eigenvalue weighted by Gasteiger charge is 2.38. The van der Waals surface area contributed by atoms with Gasteiger partial charge in [-0.2, -0.15) is 0 Å². The fraction of sp³-hybridized carbons (Fsp3) is 0.895. The lowest BCUT2D eigenvalue weighted by atomic mass is 9.84. The molecule has 136 valence electrons. The van der Waals surface area contributed by atoms with Crippen LogP contribution in [0, 0.1) is 17.3 Å². The molecule has 1 unspecified atom stereocenters. The van der Waals surface area contributed by atoms with Crippen LogP contribution in [0.4, 0.5) is 0 Å². The molecule has 2 amide bonds. The number of rotatable bonds is 4. The molecular formula is C19H33N3O2. The fourth-order valence-electron chi connectivity index (χ4n) is 4.63. The highest BCUT2D eigenvalue weighted by Crippen LogP contribution is 2.33. The Kier molecular flexibility index (Phi) is 5.48. The maximum absolute atomic E-state index is 12.7. The summed E-state index contributed by atoms with van der Waals surface area (Å²) in [4.78, 5) is 27.0. The van der Waals surface area contributed by atoms with E-state index in [4.69, 9.17) is 5.73 Å². The standard InChI is InChI=1S/C19H33N3O2/c1-19(12-20)10-11-22(13-19)18(24)15-6-8-16(9-7-15)21-17(23)14-4-2-3-5-14/h14-16H,2-13,20H2,1H3,(H,21,23). The highest BCUT2D eigenvalue weighted by molar-refractivity contribution is 5.80. The zero-order valence-corrected chi connectivity index (χ0v) is 15.1. The first-order chi connectivity index (χ1) is 11.5. The number of nitrogens with two attached hydrogens (primary N) is 1. The number of hydrogen-bond acceptors (Lipinski definition) is 3. The number of nitrogens with one attached hydrogen (secondary N) is 1. The Hall–Kier alpha value is -1.10. The number of amides is 2. The molecule has 1 heterocycles. The van der Waals surface area contributed by atoms with Gasteiger partial charge in [-0.05, 0) is 56.9 Å². The van der Waals surface area contributed by atoms with E-state index in [1.54, 1.807) is 0 Å². The molecule has 0 aromatic heterocycles. The SMILES string of the molecule is CC1(CN)CCN(C(=O)C2CCC(NC(=O)C3CCCC3)CC2)C1. The molecule has 5 heteroatoms. The number of nitrogens with zero attached hydrogens (tertiary/aromatic N) is 1. The van der Waals surface area contributed by atoms with Gasteiger partial charge < -0.3 is 16.0 Å². The summed E-state index contributed by atoms with van der Waals surface area (Å²) in [7, 11) is 0. The molecule has 1 atom stereocenters. The second-order valence-electron chi connectivity index (χ2n) is 8.56. The Bertz CT molecular complexity index is 467. The van der Waals surface area contributed by atoms with Gasteiger partial charge in [0, 0.05) is 31.0 Å². The molecule has 2 aliphatic carbocycles. The van der Waals surface area contributed by atoms with Gasteiger partial charge in [0.25, 0.3) is 0 Å². The second-order valence-corrected chi connectivity index (χ2v) is 8.56. The molecule has 0 aromatic carbocycles. The summed E-state index contributed by atoms with van der Waals surface area (Å²) >= 11 is 0. The molecule has 3 fully saturated rings. The molecule has 5 nitrogen and oxygen atoms in total. The lowest BCUT2D eigenvalue weighted by molar-refractivity contribution is -0.136. The number of hydrogen-bond donors (Lipinski definition) is 2. The van der Waals surface area contributed by atoms with E-state index < -0.39 is 0 Å². The maximum Gasteiger partial charge on any atom is 0.225 e. The Morgan fingerprint density at radius 1 is 1.08 bits per heavy atom. The average Bonchev–Trinajstić information content (AvgIpc) is 3.25. The Morgan fingerprint density at radius 3 is 2.33 bits per heavy atom. The topological polar surface area (TPSA) is 75.4 Å². The largest absolute Gasteiger partial charge is 0.353 e. The molecule has 3 rings (SSSR count). The zero-order valence-electron chi connectivity index (χ0n) is 15.1. The molecule has 0 bridgehead atoms. The first kappa shape index (κ1) is 17.7. The van der Waals surface area contributed by atoms with Crippen LogP contribution in [-0.2, 0) is 9.59 Å². The van der Waals surface area contributed by atoms with Crippen LogP contribution in [-0.4, -0.2) is 42.4 Å². The van der Waals surface area contributed by atoms with Crippen molar-refractivity contribution in [3.63, 3.8) is 0 Å². The Morgan fingerprint density at radius 2 is 1.75 bits per heavy atom. The van der Waals surface area contributed by atoms with E-state index in [-0.39, 0.29) is 29.2 Å². The van der Waals surface area contributed by atoms with E-state index in [1.807, 2.05) is 4.90 Å². The predicted molar refractivity (Wildman–Crippen MR) is 94.2 cm³/mol. The number of carbonyl (C=O) groups is 2. The molecular weight excluding hydrogens is 302 g/mol. The van der Waals surface area contributed by atoms with Crippen LogP contribution in [0.3, 0.4) is 0 Å². The van der Waals surface area contributed by atoms with Gasteiger partial charge in [-0.1, -0.05) is 19.8 Å². The summed E-state index contributed by atoms with van der Waals surface area (Å²) in [5.74, 6) is 0.945. The molecule has 3 N–H and O–H groups in total. The Balaban J connectivity index is 1.43. The summed E-state index contributed by atoms with van der Waals surface area (Å²) in [5.41, 5.74) is 5.95. The maximum atomic E-state index is 12.7. The van der Waals surface area contributed by atoms with Gasteiger partial charge in [0.2, 0.25) is 11.8 Å². The van der Waals surface area contributed by atoms with Crippen LogP contribution in [0.15, 0.2) is 0 Å². The van der Waals surface area contributed by atoms with E-state index >= 15 is 0 Å². The zero-order chi connectivity index (χ0) is 17.2. The van der Waals surface area contributed by atoms with E-state index in [0.29, 0.717) is 12.5 Å². The third-order valence-electron chi connectivity index (χ3n) is 6.51. The van der Waals surface area contributed by atoms with Crippen molar-refractivity contribution >= 4 is 11.8 Å². The van der Waals surface area contributed by atoms with Gasteiger partial charge >= 0.3 is 0 Å². The monoisotopic (exact) mass is 335 g/mol. The van der Waals surface area contributed by atoms with Gasteiger partial charge in [-0.3, -0.25) is 9.59 Å². The van der Waals surface area contributed by atoms with Crippen molar-refractivity contribution in [2.45, 2.75) is 70.8 Å². The minimum Gasteiger partial charge on any atom is -0.353 e. The van der Waals surface area contributed by atoms with Crippen molar-refractivity contribution in [3.8, 4) is 0 Å². The minimum atomic E-state index is 0.0993.